The second-order valence-electron chi connectivity index (χ2n) is 1.54. The summed E-state index contributed by atoms with van der Waals surface area (Å²) in [6.45, 7) is 1.36. The number of carboxylic acids is 1. The van der Waals surface area contributed by atoms with Crippen molar-refractivity contribution in [3.63, 3.8) is 0 Å². The second kappa shape index (κ2) is 4.25. The fourth-order valence-corrected chi connectivity index (χ4v) is 0.235. The zero-order valence-corrected chi connectivity index (χ0v) is 5.13. The van der Waals surface area contributed by atoms with Crippen molar-refractivity contribution in [2.45, 2.75) is 13.2 Å². The summed E-state index contributed by atoms with van der Waals surface area (Å²) in [5.74, 6) is -0.976. The minimum Gasteiger partial charge on any atom is -0.480 e. The van der Waals surface area contributed by atoms with Crippen LogP contribution in [-0.4, -0.2) is 23.8 Å². The van der Waals surface area contributed by atoms with E-state index in [0.717, 1.165) is 0 Å². The summed E-state index contributed by atoms with van der Waals surface area (Å²) in [5.41, 5.74) is 7.26. The van der Waals surface area contributed by atoms with Gasteiger partial charge in [0, 0.05) is 0 Å². The van der Waals surface area contributed by atoms with E-state index >= 15 is 0 Å². The van der Waals surface area contributed by atoms with Gasteiger partial charge >= 0.3 is 5.97 Å². The number of hydrogen-bond acceptors (Lipinski definition) is 4. The molecule has 5 heteroatoms. The molecule has 9 heavy (non-hydrogen) atoms. The van der Waals surface area contributed by atoms with E-state index in [2.05, 4.69) is 10.3 Å². The largest absolute Gasteiger partial charge is 0.480 e. The number of aliphatic carboxylic acids is 1. The number of hydroxylamine groups is 1. The van der Waals surface area contributed by atoms with Gasteiger partial charge in [-0.25, -0.2) is 0 Å². The van der Waals surface area contributed by atoms with Gasteiger partial charge in [0.05, 0.1) is 0 Å². The zero-order chi connectivity index (χ0) is 7.28. The molecule has 0 heterocycles. The van der Waals surface area contributed by atoms with Gasteiger partial charge in [0.2, 0.25) is 0 Å². The molecule has 0 radical (unpaired) electrons. The molecule has 0 bridgehead atoms. The number of carboxylic acid groups (broad SMARTS) is 1. The Labute approximate surface area is 52.7 Å². The number of hydrogen-bond donors (Lipinski definition) is 3. The standard InChI is InChI=1S/C4H10N2O3/c1-3(5)9-6-2-4(7)8/h3,6H,2,5H2,1H3,(H,7,8). The first kappa shape index (κ1) is 8.35. The van der Waals surface area contributed by atoms with Gasteiger partial charge in [-0.1, -0.05) is 0 Å². The summed E-state index contributed by atoms with van der Waals surface area (Å²) < 4.78 is 0. The molecule has 0 rings (SSSR count). The van der Waals surface area contributed by atoms with Crippen molar-refractivity contribution in [2.24, 2.45) is 5.73 Å². The Hall–Kier alpha value is -0.650. The zero-order valence-electron chi connectivity index (χ0n) is 5.13. The summed E-state index contributed by atoms with van der Waals surface area (Å²) in [5, 5.41) is 8.04. The first-order chi connectivity index (χ1) is 4.13. The molecule has 0 aliphatic carbocycles. The Morgan fingerprint density at radius 2 is 2.56 bits per heavy atom. The van der Waals surface area contributed by atoms with E-state index in [4.69, 9.17) is 10.8 Å². The van der Waals surface area contributed by atoms with Gasteiger partial charge in [-0.05, 0) is 6.92 Å². The Balaban J connectivity index is 3.01. The fourth-order valence-electron chi connectivity index (χ4n) is 0.235. The smallest absolute Gasteiger partial charge is 0.319 e. The predicted octanol–water partition coefficient (Wildman–Crippen LogP) is -1.10. The molecular weight excluding hydrogens is 124 g/mol. The van der Waals surface area contributed by atoms with Gasteiger partial charge < -0.3 is 10.8 Å². The van der Waals surface area contributed by atoms with Crippen LogP contribution < -0.4 is 11.2 Å². The van der Waals surface area contributed by atoms with Crippen LogP contribution in [-0.2, 0) is 9.63 Å². The topological polar surface area (TPSA) is 84.6 Å². The molecule has 0 aliphatic heterocycles. The molecule has 1 unspecified atom stereocenters. The van der Waals surface area contributed by atoms with E-state index in [9.17, 15) is 4.79 Å². The van der Waals surface area contributed by atoms with Crippen LogP contribution in [0.4, 0.5) is 0 Å². The van der Waals surface area contributed by atoms with Gasteiger partial charge in [0.25, 0.3) is 0 Å². The fraction of sp³-hybridized carbons (Fsp3) is 0.750. The Morgan fingerprint density at radius 3 is 2.89 bits per heavy atom. The molecule has 0 aromatic rings. The maximum absolute atomic E-state index is 9.80. The maximum atomic E-state index is 9.80. The lowest BCUT2D eigenvalue weighted by Crippen LogP contribution is -2.31. The average molecular weight is 134 g/mol. The Bertz CT molecular complexity index is 93.8. The van der Waals surface area contributed by atoms with Gasteiger partial charge in [0.1, 0.15) is 12.8 Å². The van der Waals surface area contributed by atoms with Gasteiger partial charge in [0.15, 0.2) is 0 Å². The molecule has 0 aliphatic rings. The van der Waals surface area contributed by atoms with Crippen molar-refractivity contribution < 1.29 is 14.7 Å². The highest BCUT2D eigenvalue weighted by atomic mass is 16.7. The van der Waals surface area contributed by atoms with Crippen LogP contribution in [0, 0.1) is 0 Å². The lowest BCUT2D eigenvalue weighted by molar-refractivity contribution is -0.139. The van der Waals surface area contributed by atoms with Crippen LogP contribution in [0.5, 0.6) is 0 Å². The third-order valence-corrected chi connectivity index (χ3v) is 0.493. The number of carbonyl (C=O) groups is 1. The third-order valence-electron chi connectivity index (χ3n) is 0.493. The van der Waals surface area contributed by atoms with E-state index in [1.807, 2.05) is 0 Å². The van der Waals surface area contributed by atoms with E-state index < -0.39 is 12.2 Å². The third kappa shape index (κ3) is 7.35. The van der Waals surface area contributed by atoms with Crippen molar-refractivity contribution in [3.05, 3.63) is 0 Å². The minimum atomic E-state index is -0.976. The molecule has 0 aromatic carbocycles. The Morgan fingerprint density at radius 1 is 2.00 bits per heavy atom. The lowest BCUT2D eigenvalue weighted by atomic mass is 10.7. The van der Waals surface area contributed by atoms with E-state index in [1.165, 1.54) is 0 Å². The predicted molar refractivity (Wildman–Crippen MR) is 30.4 cm³/mol. The molecule has 0 fully saturated rings. The quantitative estimate of drug-likeness (QED) is 0.335. The SMILES string of the molecule is CC(N)ONCC(=O)O. The molecule has 1 atom stereocenters. The van der Waals surface area contributed by atoms with E-state index in [1.54, 1.807) is 6.92 Å². The molecule has 0 saturated heterocycles. The highest BCUT2D eigenvalue weighted by Gasteiger charge is 1.95. The Kier molecular flexibility index (Phi) is 3.94. The van der Waals surface area contributed by atoms with Crippen LogP contribution in [0.3, 0.4) is 0 Å². The summed E-state index contributed by atoms with van der Waals surface area (Å²) in [6, 6.07) is 0. The summed E-state index contributed by atoms with van der Waals surface area (Å²) in [4.78, 5) is 14.3. The van der Waals surface area contributed by atoms with Gasteiger partial charge in [-0.15, -0.1) is 0 Å². The summed E-state index contributed by atoms with van der Waals surface area (Å²) in [6.07, 6.45) is -0.482. The molecule has 5 nitrogen and oxygen atoms in total. The van der Waals surface area contributed by atoms with Crippen LogP contribution in [0.2, 0.25) is 0 Å². The van der Waals surface area contributed by atoms with Gasteiger partial charge in [-0.2, -0.15) is 5.48 Å². The van der Waals surface area contributed by atoms with Crippen LogP contribution in [0.15, 0.2) is 0 Å². The normalized spacial score (nSPS) is 13.1. The lowest BCUT2D eigenvalue weighted by Gasteiger charge is -2.04. The highest BCUT2D eigenvalue weighted by molar-refractivity contribution is 5.68. The average Bonchev–Trinajstić information content (AvgIpc) is 1.63. The number of nitrogens with two attached hydrogens (primary N) is 1. The summed E-state index contributed by atoms with van der Waals surface area (Å²) in [7, 11) is 0. The highest BCUT2D eigenvalue weighted by Crippen LogP contribution is 1.71. The van der Waals surface area contributed by atoms with Crippen molar-refractivity contribution in [2.75, 3.05) is 6.54 Å². The minimum absolute atomic E-state index is 0.235. The molecule has 0 spiro atoms. The number of nitrogens with one attached hydrogen (secondary N) is 1. The summed E-state index contributed by atoms with van der Waals surface area (Å²) >= 11 is 0. The first-order valence-electron chi connectivity index (χ1n) is 2.49. The second-order valence-corrected chi connectivity index (χ2v) is 1.54. The van der Waals surface area contributed by atoms with Crippen molar-refractivity contribution in [3.8, 4) is 0 Å². The maximum Gasteiger partial charge on any atom is 0.319 e. The molecular formula is C4H10N2O3. The van der Waals surface area contributed by atoms with Crippen molar-refractivity contribution in [1.82, 2.24) is 5.48 Å². The van der Waals surface area contributed by atoms with Crippen molar-refractivity contribution in [1.29, 1.82) is 0 Å². The van der Waals surface area contributed by atoms with E-state index in [0.29, 0.717) is 0 Å². The monoisotopic (exact) mass is 134 g/mol. The van der Waals surface area contributed by atoms with Gasteiger partial charge in [-0.3, -0.25) is 9.63 Å². The van der Waals surface area contributed by atoms with Crippen LogP contribution in [0.25, 0.3) is 0 Å². The first-order valence-corrected chi connectivity index (χ1v) is 2.49. The molecule has 0 aromatic heterocycles. The van der Waals surface area contributed by atoms with Crippen LogP contribution >= 0.6 is 0 Å². The van der Waals surface area contributed by atoms with Crippen LogP contribution in [0.1, 0.15) is 6.92 Å². The molecule has 4 N–H and O–H groups in total. The van der Waals surface area contributed by atoms with Crippen molar-refractivity contribution >= 4 is 5.97 Å². The number of rotatable bonds is 4. The van der Waals surface area contributed by atoms with E-state index in [-0.39, 0.29) is 6.54 Å². The molecule has 0 saturated carbocycles. The molecule has 0 amide bonds. The molecule has 54 valence electrons.